The van der Waals surface area contributed by atoms with Gasteiger partial charge in [0, 0.05) is 27.1 Å². The summed E-state index contributed by atoms with van der Waals surface area (Å²) in [5.74, 6) is -0.765. The largest absolute Gasteiger partial charge is 0.476 e. The summed E-state index contributed by atoms with van der Waals surface area (Å²) in [7, 11) is 1.59. The number of rotatable bonds is 7. The van der Waals surface area contributed by atoms with Gasteiger partial charge in [0.2, 0.25) is 11.8 Å². The Morgan fingerprint density at radius 3 is 2.68 bits per heavy atom. The summed E-state index contributed by atoms with van der Waals surface area (Å²) in [6.07, 6.45) is 1.97. The summed E-state index contributed by atoms with van der Waals surface area (Å²) in [6.45, 7) is 4.17. The van der Waals surface area contributed by atoms with E-state index >= 15 is 0 Å². The molecular formula is C12H18N2O5. The molecule has 7 nitrogen and oxygen atoms in total. The minimum atomic E-state index is -0.559. The van der Waals surface area contributed by atoms with Crippen LogP contribution in [0.4, 0.5) is 0 Å². The molecule has 19 heavy (non-hydrogen) atoms. The standard InChI is InChI=1S/C12H18N2O5/c1-4-18-12(16)10-8-14(9(2)15)13-11(10)19-7-5-6-17-3/h8H,4-7H2,1-3H3. The van der Waals surface area contributed by atoms with Crippen molar-refractivity contribution in [3.8, 4) is 5.88 Å². The number of aromatic nitrogens is 2. The van der Waals surface area contributed by atoms with E-state index in [4.69, 9.17) is 14.2 Å². The second-order valence-corrected chi connectivity index (χ2v) is 3.73. The molecule has 0 aliphatic carbocycles. The molecule has 0 saturated heterocycles. The van der Waals surface area contributed by atoms with Crippen molar-refractivity contribution in [3.63, 3.8) is 0 Å². The highest BCUT2D eigenvalue weighted by Crippen LogP contribution is 2.17. The highest BCUT2D eigenvalue weighted by Gasteiger charge is 2.20. The van der Waals surface area contributed by atoms with E-state index in [0.717, 1.165) is 4.68 Å². The number of carbonyl (C=O) groups is 2. The Hall–Kier alpha value is -1.89. The van der Waals surface area contributed by atoms with Crippen LogP contribution >= 0.6 is 0 Å². The van der Waals surface area contributed by atoms with Gasteiger partial charge in [-0.1, -0.05) is 0 Å². The van der Waals surface area contributed by atoms with Gasteiger partial charge in [-0.3, -0.25) is 4.79 Å². The second kappa shape index (κ2) is 7.52. The topological polar surface area (TPSA) is 79.7 Å². The molecule has 0 amide bonds. The van der Waals surface area contributed by atoms with Gasteiger partial charge in [-0.05, 0) is 6.92 Å². The summed E-state index contributed by atoms with van der Waals surface area (Å²) in [6, 6.07) is 0. The molecule has 1 aromatic rings. The Morgan fingerprint density at radius 1 is 1.37 bits per heavy atom. The Kier molecular flexibility index (Phi) is 6.01. The number of ether oxygens (including phenoxy) is 3. The Morgan fingerprint density at radius 2 is 2.11 bits per heavy atom. The molecule has 106 valence electrons. The first-order chi connectivity index (χ1) is 9.10. The quantitative estimate of drug-likeness (QED) is 0.546. The number of hydrogen-bond acceptors (Lipinski definition) is 6. The average molecular weight is 270 g/mol. The van der Waals surface area contributed by atoms with Crippen LogP contribution in [0.5, 0.6) is 5.88 Å². The molecule has 0 fully saturated rings. The number of esters is 1. The first-order valence-electron chi connectivity index (χ1n) is 5.99. The van der Waals surface area contributed by atoms with Crippen molar-refractivity contribution in [1.82, 2.24) is 9.78 Å². The predicted molar refractivity (Wildman–Crippen MR) is 66.5 cm³/mol. The van der Waals surface area contributed by atoms with E-state index in [1.807, 2.05) is 0 Å². The lowest BCUT2D eigenvalue weighted by Crippen LogP contribution is -2.08. The molecule has 0 aliphatic rings. The van der Waals surface area contributed by atoms with Crippen molar-refractivity contribution in [2.45, 2.75) is 20.3 Å². The number of nitrogens with zero attached hydrogens (tertiary/aromatic N) is 2. The predicted octanol–water partition coefficient (Wildman–Crippen LogP) is 1.14. The van der Waals surface area contributed by atoms with Crippen LogP contribution in [0.1, 0.15) is 35.4 Å². The van der Waals surface area contributed by atoms with E-state index in [0.29, 0.717) is 19.6 Å². The first-order valence-corrected chi connectivity index (χ1v) is 5.99. The van der Waals surface area contributed by atoms with E-state index in [2.05, 4.69) is 5.10 Å². The molecule has 7 heteroatoms. The molecule has 0 atom stereocenters. The van der Waals surface area contributed by atoms with Gasteiger partial charge in [0.05, 0.1) is 19.4 Å². The van der Waals surface area contributed by atoms with Crippen LogP contribution in [0.15, 0.2) is 6.20 Å². The SMILES string of the molecule is CCOC(=O)c1cn(C(C)=O)nc1OCCCOC. The molecule has 0 saturated carbocycles. The number of methoxy groups -OCH3 is 1. The molecular weight excluding hydrogens is 252 g/mol. The minimum absolute atomic E-state index is 0.102. The smallest absolute Gasteiger partial charge is 0.345 e. The minimum Gasteiger partial charge on any atom is -0.476 e. The fraction of sp³-hybridized carbons (Fsp3) is 0.583. The van der Waals surface area contributed by atoms with Gasteiger partial charge in [-0.15, -0.1) is 5.10 Å². The maximum Gasteiger partial charge on any atom is 0.345 e. The second-order valence-electron chi connectivity index (χ2n) is 3.73. The summed E-state index contributed by atoms with van der Waals surface area (Å²) in [4.78, 5) is 22.9. The van der Waals surface area contributed by atoms with E-state index in [1.165, 1.54) is 13.1 Å². The molecule has 0 bridgehead atoms. The van der Waals surface area contributed by atoms with Crippen LogP contribution in [-0.2, 0) is 9.47 Å². The fourth-order valence-electron chi connectivity index (χ4n) is 1.35. The fourth-order valence-corrected chi connectivity index (χ4v) is 1.35. The van der Waals surface area contributed by atoms with Crippen molar-refractivity contribution >= 4 is 11.9 Å². The van der Waals surface area contributed by atoms with Crippen molar-refractivity contribution in [1.29, 1.82) is 0 Å². The molecule has 1 aromatic heterocycles. The zero-order valence-electron chi connectivity index (χ0n) is 11.3. The maximum absolute atomic E-state index is 11.7. The molecule has 0 aliphatic heterocycles. The van der Waals surface area contributed by atoms with Gasteiger partial charge in [0.1, 0.15) is 5.56 Å². The molecule has 0 aromatic carbocycles. The molecule has 0 spiro atoms. The Labute approximate surface area is 111 Å². The third kappa shape index (κ3) is 4.36. The average Bonchev–Trinajstić information content (AvgIpc) is 2.79. The van der Waals surface area contributed by atoms with Gasteiger partial charge in [-0.2, -0.15) is 0 Å². The molecule has 0 N–H and O–H groups in total. The van der Waals surface area contributed by atoms with Crippen LogP contribution in [-0.4, -0.2) is 48.6 Å². The molecule has 1 heterocycles. The van der Waals surface area contributed by atoms with E-state index in [-0.39, 0.29) is 24.0 Å². The summed E-state index contributed by atoms with van der Waals surface area (Å²) >= 11 is 0. The van der Waals surface area contributed by atoms with Crippen LogP contribution in [0.2, 0.25) is 0 Å². The van der Waals surface area contributed by atoms with Crippen molar-refractivity contribution < 1.29 is 23.8 Å². The van der Waals surface area contributed by atoms with Crippen molar-refractivity contribution in [2.75, 3.05) is 26.9 Å². The highest BCUT2D eigenvalue weighted by atomic mass is 16.5. The normalized spacial score (nSPS) is 10.3. The van der Waals surface area contributed by atoms with E-state index in [9.17, 15) is 9.59 Å². The lowest BCUT2D eigenvalue weighted by molar-refractivity contribution is 0.0521. The zero-order chi connectivity index (χ0) is 14.3. The van der Waals surface area contributed by atoms with Gasteiger partial charge in [-0.25, -0.2) is 9.48 Å². The van der Waals surface area contributed by atoms with Gasteiger partial charge < -0.3 is 14.2 Å². The van der Waals surface area contributed by atoms with Crippen molar-refractivity contribution in [2.24, 2.45) is 0 Å². The van der Waals surface area contributed by atoms with E-state index < -0.39 is 5.97 Å². The van der Waals surface area contributed by atoms with Crippen LogP contribution in [0.3, 0.4) is 0 Å². The first kappa shape index (κ1) is 15.2. The van der Waals surface area contributed by atoms with Gasteiger partial charge in [0.15, 0.2) is 0 Å². The monoisotopic (exact) mass is 270 g/mol. The lowest BCUT2D eigenvalue weighted by atomic mass is 10.3. The number of carbonyl (C=O) groups excluding carboxylic acids is 2. The Balaban J connectivity index is 2.80. The van der Waals surface area contributed by atoms with Crippen LogP contribution in [0, 0.1) is 0 Å². The Bertz CT molecular complexity index is 441. The van der Waals surface area contributed by atoms with Crippen LogP contribution < -0.4 is 4.74 Å². The van der Waals surface area contributed by atoms with Crippen molar-refractivity contribution in [3.05, 3.63) is 11.8 Å². The maximum atomic E-state index is 11.7. The third-order valence-electron chi connectivity index (χ3n) is 2.23. The molecule has 1 rings (SSSR count). The lowest BCUT2D eigenvalue weighted by Gasteiger charge is -2.04. The molecule has 0 unspecified atom stereocenters. The summed E-state index contributed by atoms with van der Waals surface area (Å²) in [5, 5.41) is 3.91. The van der Waals surface area contributed by atoms with E-state index in [1.54, 1.807) is 14.0 Å². The van der Waals surface area contributed by atoms with Gasteiger partial charge >= 0.3 is 5.97 Å². The molecule has 0 radical (unpaired) electrons. The summed E-state index contributed by atoms with van der Waals surface area (Å²) in [5.41, 5.74) is 0.148. The summed E-state index contributed by atoms with van der Waals surface area (Å²) < 4.78 is 16.2. The van der Waals surface area contributed by atoms with Crippen LogP contribution in [0.25, 0.3) is 0 Å². The number of hydrogen-bond donors (Lipinski definition) is 0. The third-order valence-corrected chi connectivity index (χ3v) is 2.23. The van der Waals surface area contributed by atoms with Gasteiger partial charge in [0.25, 0.3) is 0 Å². The zero-order valence-corrected chi connectivity index (χ0v) is 11.3. The highest BCUT2D eigenvalue weighted by molar-refractivity contribution is 5.92.